The molecule has 2 aliphatic heterocycles. The summed E-state index contributed by atoms with van der Waals surface area (Å²) in [6, 6.07) is 6.20. The molecule has 2 aliphatic rings. The Hall–Kier alpha value is -3.81. The van der Waals surface area contributed by atoms with E-state index in [1.165, 1.54) is 0 Å². The molecule has 5 atom stereocenters. The first-order valence-electron chi connectivity index (χ1n) is 16.2. The lowest BCUT2D eigenvalue weighted by Gasteiger charge is -2.32. The van der Waals surface area contributed by atoms with E-state index in [0.717, 1.165) is 17.7 Å². The molecule has 3 amide bonds. The number of hydrogen-bond donors (Lipinski definition) is 5. The highest BCUT2D eigenvalue weighted by molar-refractivity contribution is 5.93. The number of nitrogens with zero attached hydrogens (tertiary/aromatic N) is 1. The number of hydrogen-bond acceptors (Lipinski definition) is 8. The Kier molecular flexibility index (Phi) is 12.9. The van der Waals surface area contributed by atoms with Crippen LogP contribution in [0.3, 0.4) is 0 Å². The van der Waals surface area contributed by atoms with E-state index in [0.29, 0.717) is 45.0 Å². The minimum absolute atomic E-state index is 0.0519. The number of amides is 3. The third kappa shape index (κ3) is 10.3. The normalized spacial score (nSPS) is 25.9. The lowest BCUT2D eigenvalue weighted by atomic mass is 9.99. The lowest BCUT2D eigenvalue weighted by Crippen LogP contribution is -2.61. The summed E-state index contributed by atoms with van der Waals surface area (Å²) >= 11 is 0. The van der Waals surface area contributed by atoms with Gasteiger partial charge < -0.3 is 30.5 Å². The monoisotopic (exact) mass is 659 g/mol. The Morgan fingerprint density at radius 1 is 0.957 bits per heavy atom. The Bertz CT molecular complexity index is 1370. The van der Waals surface area contributed by atoms with Crippen molar-refractivity contribution in [2.75, 3.05) is 46.0 Å². The summed E-state index contributed by atoms with van der Waals surface area (Å²) in [4.78, 5) is 43.1. The first-order valence-corrected chi connectivity index (χ1v) is 16.2. The largest absolute Gasteiger partial charge is 0.503 e. The predicted molar refractivity (Wildman–Crippen MR) is 172 cm³/mol. The van der Waals surface area contributed by atoms with E-state index in [2.05, 4.69) is 26.2 Å². The van der Waals surface area contributed by atoms with E-state index < -0.39 is 53.4 Å². The molecule has 2 aromatic carbocycles. The van der Waals surface area contributed by atoms with Gasteiger partial charge in [0, 0.05) is 32.2 Å². The Balaban J connectivity index is 1.65. The molecule has 0 spiro atoms. The molecule has 0 unspecified atom stereocenters. The van der Waals surface area contributed by atoms with Crippen LogP contribution < -0.4 is 26.0 Å². The molecule has 0 saturated carbocycles. The topological polar surface area (TPSA) is 141 Å². The van der Waals surface area contributed by atoms with Crippen LogP contribution in [-0.4, -0.2) is 97.9 Å². The molecule has 258 valence electrons. The van der Waals surface area contributed by atoms with Crippen LogP contribution in [0, 0.1) is 23.5 Å². The highest BCUT2D eigenvalue weighted by Gasteiger charge is 2.33. The van der Waals surface area contributed by atoms with E-state index in [9.17, 15) is 28.3 Å². The van der Waals surface area contributed by atoms with Gasteiger partial charge in [0.1, 0.15) is 24.4 Å². The van der Waals surface area contributed by atoms with Gasteiger partial charge in [-0.25, -0.2) is 8.78 Å². The predicted octanol–water partition coefficient (Wildman–Crippen LogP) is 1.90. The fourth-order valence-electron chi connectivity index (χ4n) is 5.75. The van der Waals surface area contributed by atoms with Gasteiger partial charge in [-0.1, -0.05) is 39.0 Å². The first-order chi connectivity index (χ1) is 22.4. The average molecular weight is 660 g/mol. The molecule has 11 nitrogen and oxygen atoms in total. The van der Waals surface area contributed by atoms with Gasteiger partial charge in [0.15, 0.2) is 17.4 Å². The molecule has 0 aromatic heterocycles. The summed E-state index contributed by atoms with van der Waals surface area (Å²) in [7, 11) is 0. The van der Waals surface area contributed by atoms with Crippen molar-refractivity contribution in [2.24, 2.45) is 11.8 Å². The summed E-state index contributed by atoms with van der Waals surface area (Å²) in [6.07, 6.45) is 0.476. The average Bonchev–Trinajstić information content (AvgIpc) is 3.03. The Morgan fingerprint density at radius 3 is 2.32 bits per heavy atom. The number of aromatic hydroxyl groups is 1. The third-order valence-electron chi connectivity index (χ3n) is 8.40. The molecule has 4 rings (SSSR count). The number of nitrogens with one attached hydrogen (secondary N) is 4. The highest BCUT2D eigenvalue weighted by atomic mass is 19.1. The second kappa shape index (κ2) is 16.8. The van der Waals surface area contributed by atoms with Gasteiger partial charge in [-0.2, -0.15) is 0 Å². The zero-order chi connectivity index (χ0) is 34.1. The zero-order valence-electron chi connectivity index (χ0n) is 27.5. The van der Waals surface area contributed by atoms with Crippen LogP contribution in [-0.2, 0) is 32.0 Å². The van der Waals surface area contributed by atoms with Gasteiger partial charge in [-0.3, -0.25) is 24.6 Å². The Morgan fingerprint density at radius 2 is 1.64 bits per heavy atom. The number of carbonyl (C=O) groups is 3. The number of para-hydroxylation sites is 1. The van der Waals surface area contributed by atoms with E-state index in [1.54, 1.807) is 13.8 Å². The zero-order valence-corrected chi connectivity index (χ0v) is 27.5. The molecule has 0 aliphatic carbocycles. The summed E-state index contributed by atoms with van der Waals surface area (Å²) in [6.45, 7) is 10.5. The van der Waals surface area contributed by atoms with Crippen molar-refractivity contribution in [3.8, 4) is 11.5 Å². The van der Waals surface area contributed by atoms with Gasteiger partial charge >= 0.3 is 0 Å². The smallest absolute Gasteiger partial charge is 0.243 e. The lowest BCUT2D eigenvalue weighted by molar-refractivity contribution is -0.134. The fraction of sp³-hybridized carbons (Fsp3) is 0.559. The number of phenolic OH excluding ortho intramolecular Hbond substituents is 1. The third-order valence-corrected chi connectivity index (χ3v) is 8.40. The Labute approximate surface area is 274 Å². The van der Waals surface area contributed by atoms with Crippen LogP contribution in [0.5, 0.6) is 11.5 Å². The van der Waals surface area contributed by atoms with Crippen LogP contribution in [0.25, 0.3) is 0 Å². The number of rotatable bonds is 5. The molecule has 2 aromatic rings. The SMILES string of the molecule is CC(C)[C@H]1NC(=O)[C@@H](Cc2cc(F)c(O)c(F)c2)N[C@@H](C)COc2ccccc2C[C@H](C)CNC(=O)[C@H](CN2CCOCC2)NC1=O. The highest BCUT2D eigenvalue weighted by Crippen LogP contribution is 2.24. The molecule has 47 heavy (non-hydrogen) atoms. The maximum atomic E-state index is 14.2. The van der Waals surface area contributed by atoms with Crippen molar-refractivity contribution < 1.29 is 37.7 Å². The van der Waals surface area contributed by atoms with Crippen molar-refractivity contribution in [2.45, 2.75) is 64.7 Å². The standard InChI is InChI=1S/C34H47F2N5O6/c1-20(2)30-34(45)39-28(18-41-9-11-46-12-10-41)32(43)37-17-21(3)13-24-7-5-6-8-29(24)47-19-22(4)38-27(33(44)40-30)16-23-14-25(35)31(42)26(36)15-23/h5-8,14-15,20-22,27-28,30,38,42H,9-13,16-19H2,1-4H3,(H,37,43)(H,39,45)(H,40,44)/t21-,22-,27+,28-,30+/m0/s1. The summed E-state index contributed by atoms with van der Waals surface area (Å²) in [5, 5.41) is 21.5. The van der Waals surface area contributed by atoms with Gasteiger partial charge in [-0.15, -0.1) is 0 Å². The van der Waals surface area contributed by atoms with Crippen molar-refractivity contribution >= 4 is 17.7 Å². The van der Waals surface area contributed by atoms with Gasteiger partial charge in [0.05, 0.1) is 19.3 Å². The number of fused-ring (bicyclic) bond motifs is 1. The number of phenols is 1. The first kappa shape index (κ1) is 36.0. The van der Waals surface area contributed by atoms with Gasteiger partial charge in [-0.05, 0) is 60.9 Å². The minimum Gasteiger partial charge on any atom is -0.503 e. The molecule has 13 heteroatoms. The number of benzene rings is 2. The molecule has 1 fully saturated rings. The van der Waals surface area contributed by atoms with Crippen LogP contribution in [0.15, 0.2) is 36.4 Å². The summed E-state index contributed by atoms with van der Waals surface area (Å²) < 4.78 is 40.1. The molecule has 1 saturated heterocycles. The minimum atomic E-state index is -1.15. The molecule has 2 heterocycles. The van der Waals surface area contributed by atoms with Crippen LogP contribution in [0.2, 0.25) is 0 Å². The summed E-state index contributed by atoms with van der Waals surface area (Å²) in [5.41, 5.74) is 1.08. The number of ether oxygens (including phenoxy) is 2. The number of morpholine rings is 1. The van der Waals surface area contributed by atoms with E-state index >= 15 is 0 Å². The van der Waals surface area contributed by atoms with Crippen LogP contribution in [0.4, 0.5) is 8.78 Å². The maximum absolute atomic E-state index is 14.2. The second-order valence-corrected chi connectivity index (χ2v) is 12.9. The van der Waals surface area contributed by atoms with Crippen molar-refractivity contribution in [3.63, 3.8) is 0 Å². The van der Waals surface area contributed by atoms with Crippen LogP contribution >= 0.6 is 0 Å². The van der Waals surface area contributed by atoms with Crippen molar-refractivity contribution in [1.82, 2.24) is 26.2 Å². The molecule has 0 bridgehead atoms. The molecule has 0 radical (unpaired) electrons. The van der Waals surface area contributed by atoms with Gasteiger partial charge in [0.25, 0.3) is 0 Å². The van der Waals surface area contributed by atoms with Gasteiger partial charge in [0.2, 0.25) is 17.7 Å². The summed E-state index contributed by atoms with van der Waals surface area (Å²) in [5.74, 6) is -4.47. The number of halogens is 2. The van der Waals surface area contributed by atoms with Crippen molar-refractivity contribution in [3.05, 3.63) is 59.2 Å². The van der Waals surface area contributed by atoms with Crippen LogP contribution in [0.1, 0.15) is 38.8 Å². The van der Waals surface area contributed by atoms with Crippen molar-refractivity contribution in [1.29, 1.82) is 0 Å². The molecular weight excluding hydrogens is 612 g/mol. The fourth-order valence-corrected chi connectivity index (χ4v) is 5.75. The molecular formula is C34H47F2N5O6. The maximum Gasteiger partial charge on any atom is 0.243 e. The molecule has 5 N–H and O–H groups in total. The quantitative estimate of drug-likeness (QED) is 0.328. The van der Waals surface area contributed by atoms with E-state index in [1.807, 2.05) is 38.1 Å². The second-order valence-electron chi connectivity index (χ2n) is 12.9. The number of carbonyl (C=O) groups excluding carboxylic acids is 3. The van der Waals surface area contributed by atoms with E-state index in [-0.39, 0.29) is 42.9 Å². The van der Waals surface area contributed by atoms with E-state index in [4.69, 9.17) is 9.47 Å².